The highest BCUT2D eigenvalue weighted by atomic mass is 16.3. The van der Waals surface area contributed by atoms with Crippen molar-refractivity contribution >= 4 is 5.82 Å². The van der Waals surface area contributed by atoms with Crippen molar-refractivity contribution in [3.63, 3.8) is 0 Å². The Bertz CT molecular complexity index is 408. The zero-order chi connectivity index (χ0) is 13.1. The molecule has 18 heavy (non-hydrogen) atoms. The molecule has 2 rings (SSSR count). The molecule has 1 aromatic heterocycles. The lowest BCUT2D eigenvalue weighted by atomic mass is 10.1. The van der Waals surface area contributed by atoms with E-state index in [1.807, 2.05) is 6.07 Å². The molecule has 0 bridgehead atoms. The quantitative estimate of drug-likeness (QED) is 0.879. The first-order valence-electron chi connectivity index (χ1n) is 6.71. The van der Waals surface area contributed by atoms with Crippen LogP contribution < -0.4 is 4.90 Å². The fourth-order valence-corrected chi connectivity index (χ4v) is 2.70. The van der Waals surface area contributed by atoms with E-state index < -0.39 is 0 Å². The summed E-state index contributed by atoms with van der Waals surface area (Å²) in [6.45, 7) is 10.9. The van der Waals surface area contributed by atoms with Gasteiger partial charge in [-0.1, -0.05) is 6.92 Å². The van der Waals surface area contributed by atoms with Gasteiger partial charge in [0, 0.05) is 31.9 Å². The molecule has 0 aromatic carbocycles. The summed E-state index contributed by atoms with van der Waals surface area (Å²) in [5.74, 6) is 1.06. The van der Waals surface area contributed by atoms with Crippen LogP contribution >= 0.6 is 0 Å². The van der Waals surface area contributed by atoms with Crippen molar-refractivity contribution < 1.29 is 5.11 Å². The third-order valence-electron chi connectivity index (χ3n) is 3.76. The van der Waals surface area contributed by atoms with Gasteiger partial charge in [-0.2, -0.15) is 0 Å². The lowest BCUT2D eigenvalue weighted by Gasteiger charge is -2.40. The monoisotopic (exact) mass is 249 g/mol. The summed E-state index contributed by atoms with van der Waals surface area (Å²) in [4.78, 5) is 9.35. The lowest BCUT2D eigenvalue weighted by molar-refractivity contribution is 0.199. The van der Waals surface area contributed by atoms with Gasteiger partial charge in [-0.05, 0) is 37.6 Å². The number of pyridine rings is 1. The van der Waals surface area contributed by atoms with E-state index in [0.717, 1.165) is 43.1 Å². The first kappa shape index (κ1) is 13.3. The number of anilines is 1. The molecule has 0 amide bonds. The number of aromatic nitrogens is 1. The Hall–Kier alpha value is -1.13. The summed E-state index contributed by atoms with van der Waals surface area (Å²) < 4.78 is 0. The van der Waals surface area contributed by atoms with Gasteiger partial charge in [0.2, 0.25) is 0 Å². The molecule has 1 unspecified atom stereocenters. The summed E-state index contributed by atoms with van der Waals surface area (Å²) in [6, 6.07) is 2.60. The molecule has 0 spiro atoms. The second kappa shape index (κ2) is 5.67. The van der Waals surface area contributed by atoms with Crippen LogP contribution in [0.4, 0.5) is 5.82 Å². The minimum Gasteiger partial charge on any atom is -0.392 e. The fourth-order valence-electron chi connectivity index (χ4n) is 2.70. The van der Waals surface area contributed by atoms with Gasteiger partial charge in [-0.15, -0.1) is 0 Å². The summed E-state index contributed by atoms with van der Waals surface area (Å²) in [5.41, 5.74) is 2.04. The number of aryl methyl sites for hydroxylation is 1. The topological polar surface area (TPSA) is 39.6 Å². The van der Waals surface area contributed by atoms with Crippen LogP contribution in [0.3, 0.4) is 0 Å². The van der Waals surface area contributed by atoms with Gasteiger partial charge in [0.25, 0.3) is 0 Å². The van der Waals surface area contributed by atoms with Crippen molar-refractivity contribution in [2.45, 2.75) is 33.4 Å². The van der Waals surface area contributed by atoms with Gasteiger partial charge in [0.1, 0.15) is 5.82 Å². The fraction of sp³-hybridized carbons (Fsp3) is 0.643. The van der Waals surface area contributed by atoms with Crippen LogP contribution in [-0.4, -0.2) is 47.2 Å². The van der Waals surface area contributed by atoms with Crippen LogP contribution in [0.25, 0.3) is 0 Å². The summed E-state index contributed by atoms with van der Waals surface area (Å²) in [6.07, 6.45) is 1.78. The molecule has 1 N–H and O–H groups in total. The van der Waals surface area contributed by atoms with Crippen LogP contribution in [-0.2, 0) is 6.61 Å². The van der Waals surface area contributed by atoms with Crippen molar-refractivity contribution in [3.8, 4) is 0 Å². The maximum atomic E-state index is 9.11. The zero-order valence-electron chi connectivity index (χ0n) is 11.6. The number of aliphatic hydroxyl groups is 1. The third-order valence-corrected chi connectivity index (χ3v) is 3.76. The number of rotatable bonds is 3. The molecular formula is C14H23N3O. The molecule has 1 saturated heterocycles. The van der Waals surface area contributed by atoms with Crippen LogP contribution in [0.5, 0.6) is 0 Å². The van der Waals surface area contributed by atoms with Crippen molar-refractivity contribution in [2.24, 2.45) is 0 Å². The van der Waals surface area contributed by atoms with Crippen molar-refractivity contribution in [1.82, 2.24) is 9.88 Å². The molecular weight excluding hydrogens is 226 g/mol. The molecule has 1 aliphatic heterocycles. The average Bonchev–Trinajstić information content (AvgIpc) is 2.38. The molecule has 1 atom stereocenters. The van der Waals surface area contributed by atoms with E-state index in [1.54, 1.807) is 6.20 Å². The van der Waals surface area contributed by atoms with Gasteiger partial charge in [0.05, 0.1) is 6.61 Å². The SMILES string of the molecule is CCN1CCN(c2ncc(CO)cc2C)CC1C. The number of hydrogen-bond acceptors (Lipinski definition) is 4. The smallest absolute Gasteiger partial charge is 0.131 e. The number of piperazine rings is 1. The Morgan fingerprint density at radius 3 is 2.78 bits per heavy atom. The largest absolute Gasteiger partial charge is 0.392 e. The highest BCUT2D eigenvalue weighted by Crippen LogP contribution is 2.21. The Morgan fingerprint density at radius 2 is 2.22 bits per heavy atom. The minimum atomic E-state index is 0.0636. The van der Waals surface area contributed by atoms with Gasteiger partial charge < -0.3 is 10.0 Å². The third kappa shape index (κ3) is 2.65. The Balaban J connectivity index is 2.13. The zero-order valence-corrected chi connectivity index (χ0v) is 11.6. The van der Waals surface area contributed by atoms with E-state index in [4.69, 9.17) is 5.11 Å². The van der Waals surface area contributed by atoms with Gasteiger partial charge in [-0.3, -0.25) is 4.90 Å². The van der Waals surface area contributed by atoms with E-state index in [-0.39, 0.29) is 6.61 Å². The molecule has 2 heterocycles. The Labute approximate surface area is 109 Å². The van der Waals surface area contributed by atoms with Crippen LogP contribution in [0.2, 0.25) is 0 Å². The highest BCUT2D eigenvalue weighted by Gasteiger charge is 2.23. The number of hydrogen-bond donors (Lipinski definition) is 1. The van der Waals surface area contributed by atoms with E-state index in [0.29, 0.717) is 6.04 Å². The first-order chi connectivity index (χ1) is 8.65. The summed E-state index contributed by atoms with van der Waals surface area (Å²) in [5, 5.41) is 9.11. The van der Waals surface area contributed by atoms with E-state index in [9.17, 15) is 0 Å². The Morgan fingerprint density at radius 1 is 1.44 bits per heavy atom. The van der Waals surface area contributed by atoms with Crippen molar-refractivity contribution in [2.75, 3.05) is 31.1 Å². The predicted molar refractivity (Wildman–Crippen MR) is 73.8 cm³/mol. The summed E-state index contributed by atoms with van der Waals surface area (Å²) >= 11 is 0. The molecule has 4 nitrogen and oxygen atoms in total. The second-order valence-electron chi connectivity index (χ2n) is 5.07. The number of likely N-dealkylation sites (N-methyl/N-ethyl adjacent to an activating group) is 1. The standard InChI is InChI=1S/C14H23N3O/c1-4-16-5-6-17(9-12(16)3)14-11(2)7-13(10-18)8-15-14/h7-8,12,18H,4-6,9-10H2,1-3H3. The predicted octanol–water partition coefficient (Wildman–Crippen LogP) is 1.41. The molecule has 0 aliphatic carbocycles. The summed E-state index contributed by atoms with van der Waals surface area (Å²) in [7, 11) is 0. The molecule has 1 aromatic rings. The van der Waals surface area contributed by atoms with Crippen molar-refractivity contribution in [3.05, 3.63) is 23.4 Å². The normalized spacial score (nSPS) is 21.3. The molecule has 4 heteroatoms. The van der Waals surface area contributed by atoms with E-state index >= 15 is 0 Å². The highest BCUT2D eigenvalue weighted by molar-refractivity contribution is 5.48. The van der Waals surface area contributed by atoms with Gasteiger partial charge in [0.15, 0.2) is 0 Å². The number of nitrogens with zero attached hydrogens (tertiary/aromatic N) is 3. The van der Waals surface area contributed by atoms with Crippen molar-refractivity contribution in [1.29, 1.82) is 0 Å². The van der Waals surface area contributed by atoms with Gasteiger partial charge in [-0.25, -0.2) is 4.98 Å². The molecule has 1 aliphatic rings. The molecule has 1 fully saturated rings. The second-order valence-corrected chi connectivity index (χ2v) is 5.07. The van der Waals surface area contributed by atoms with Crippen LogP contribution in [0, 0.1) is 6.92 Å². The van der Waals surface area contributed by atoms with Crippen LogP contribution in [0.1, 0.15) is 25.0 Å². The molecule has 100 valence electrons. The maximum Gasteiger partial charge on any atom is 0.131 e. The Kier molecular flexibility index (Phi) is 4.19. The van der Waals surface area contributed by atoms with E-state index in [1.165, 1.54) is 0 Å². The first-order valence-corrected chi connectivity index (χ1v) is 6.71. The minimum absolute atomic E-state index is 0.0636. The van der Waals surface area contributed by atoms with E-state index in [2.05, 4.69) is 35.6 Å². The lowest BCUT2D eigenvalue weighted by Crippen LogP contribution is -2.52. The average molecular weight is 249 g/mol. The van der Waals surface area contributed by atoms with Gasteiger partial charge >= 0.3 is 0 Å². The maximum absolute atomic E-state index is 9.11. The number of aliphatic hydroxyl groups excluding tert-OH is 1. The molecule has 0 radical (unpaired) electrons. The van der Waals surface area contributed by atoms with Crippen LogP contribution in [0.15, 0.2) is 12.3 Å². The molecule has 0 saturated carbocycles.